The molecule has 1 saturated heterocycles. The number of amides is 1. The van der Waals surface area contributed by atoms with Gasteiger partial charge in [0, 0.05) is 19.4 Å². The number of carbonyl (C=O) groups excluding carboxylic acids is 1. The van der Waals surface area contributed by atoms with Gasteiger partial charge >= 0.3 is 5.97 Å². The Kier molecular flexibility index (Phi) is 6.52. The van der Waals surface area contributed by atoms with Gasteiger partial charge in [-0.3, -0.25) is 4.79 Å². The van der Waals surface area contributed by atoms with E-state index in [0.29, 0.717) is 5.56 Å². The molecule has 1 fully saturated rings. The van der Waals surface area contributed by atoms with Crippen LogP contribution < -0.4 is 5.32 Å². The van der Waals surface area contributed by atoms with Crippen LogP contribution in [-0.4, -0.2) is 54.5 Å². The number of hydrogen-bond acceptors (Lipinski definition) is 4. The van der Waals surface area contributed by atoms with E-state index in [9.17, 15) is 27.5 Å². The second-order valence-electron chi connectivity index (χ2n) is 7.33. The molecule has 3 atom stereocenters. The number of rotatable bonds is 7. The minimum Gasteiger partial charge on any atom is -0.480 e. The highest BCUT2D eigenvalue weighted by molar-refractivity contribution is 7.89. The number of aliphatic carboxylic acids is 1. The summed E-state index contributed by atoms with van der Waals surface area (Å²) in [5.74, 6) is -2.08. The molecule has 2 aromatic carbocycles. The second kappa shape index (κ2) is 8.93. The number of carboxylic acid groups (broad SMARTS) is 1. The maximum Gasteiger partial charge on any atom is 0.326 e. The standard InChI is InChI=1S/C21H23FN2O5S/c1-14-7-9-17(10-8-14)30(28,29)24-13-16(22)12-19(24)20(25)23-18(21(26)27)11-15-5-3-2-4-6-15/h2-10,16,18-19H,11-13H2,1H3,(H,23,25)(H,26,27)/t16?,18-,19-/m0/s1. The third-order valence-corrected chi connectivity index (χ3v) is 6.92. The molecule has 1 amide bonds. The van der Waals surface area contributed by atoms with Crippen molar-refractivity contribution in [3.05, 3.63) is 65.7 Å². The Hall–Kier alpha value is -2.78. The van der Waals surface area contributed by atoms with Crippen LogP contribution in [0.2, 0.25) is 0 Å². The normalized spacial score (nSPS) is 20.6. The minimum absolute atomic E-state index is 0.0262. The van der Waals surface area contributed by atoms with Gasteiger partial charge in [-0.05, 0) is 24.6 Å². The molecule has 0 spiro atoms. The van der Waals surface area contributed by atoms with E-state index in [1.165, 1.54) is 12.1 Å². The summed E-state index contributed by atoms with van der Waals surface area (Å²) < 4.78 is 40.9. The molecule has 160 valence electrons. The van der Waals surface area contributed by atoms with Crippen LogP contribution in [0.1, 0.15) is 17.5 Å². The summed E-state index contributed by atoms with van der Waals surface area (Å²) in [5, 5.41) is 11.9. The van der Waals surface area contributed by atoms with E-state index in [4.69, 9.17) is 0 Å². The SMILES string of the molecule is Cc1ccc(S(=O)(=O)N2CC(F)C[C@H]2C(=O)N[C@@H](Cc2ccccc2)C(=O)O)cc1. The lowest BCUT2D eigenvalue weighted by atomic mass is 10.1. The van der Waals surface area contributed by atoms with Crippen LogP contribution in [0.3, 0.4) is 0 Å². The van der Waals surface area contributed by atoms with Gasteiger partial charge in [-0.15, -0.1) is 0 Å². The lowest BCUT2D eigenvalue weighted by Gasteiger charge is -2.24. The fourth-order valence-electron chi connectivity index (χ4n) is 3.42. The average Bonchev–Trinajstić information content (AvgIpc) is 3.11. The highest BCUT2D eigenvalue weighted by Gasteiger charge is 2.44. The van der Waals surface area contributed by atoms with E-state index in [1.807, 2.05) is 0 Å². The number of nitrogens with zero attached hydrogens (tertiary/aromatic N) is 1. The molecule has 2 N–H and O–H groups in total. The Bertz CT molecular complexity index is 1010. The summed E-state index contributed by atoms with van der Waals surface area (Å²) in [5.41, 5.74) is 1.56. The van der Waals surface area contributed by atoms with Gasteiger partial charge in [0.05, 0.1) is 4.90 Å². The zero-order valence-corrected chi connectivity index (χ0v) is 17.2. The van der Waals surface area contributed by atoms with Gasteiger partial charge in [0.2, 0.25) is 15.9 Å². The topological polar surface area (TPSA) is 104 Å². The van der Waals surface area contributed by atoms with Gasteiger partial charge < -0.3 is 10.4 Å². The van der Waals surface area contributed by atoms with Gasteiger partial charge in [0.15, 0.2) is 0 Å². The number of alkyl halides is 1. The van der Waals surface area contributed by atoms with E-state index in [2.05, 4.69) is 5.32 Å². The first kappa shape index (κ1) is 21.9. The molecular weight excluding hydrogens is 411 g/mol. The van der Waals surface area contributed by atoms with Crippen molar-refractivity contribution in [2.45, 2.75) is 42.9 Å². The van der Waals surface area contributed by atoms with Crippen molar-refractivity contribution < 1.29 is 27.5 Å². The first-order valence-corrected chi connectivity index (χ1v) is 10.9. The summed E-state index contributed by atoms with van der Waals surface area (Å²) in [6.45, 7) is 1.35. The molecular formula is C21H23FN2O5S. The van der Waals surface area contributed by atoms with E-state index < -0.39 is 46.7 Å². The third-order valence-electron chi connectivity index (χ3n) is 5.03. The highest BCUT2D eigenvalue weighted by Crippen LogP contribution is 2.28. The highest BCUT2D eigenvalue weighted by atomic mass is 32.2. The van der Waals surface area contributed by atoms with Gasteiger partial charge in [-0.25, -0.2) is 17.6 Å². The summed E-state index contributed by atoms with van der Waals surface area (Å²) >= 11 is 0. The van der Waals surface area contributed by atoms with Crippen LogP contribution in [0.15, 0.2) is 59.5 Å². The molecule has 1 heterocycles. The lowest BCUT2D eigenvalue weighted by Crippen LogP contribution is -2.51. The van der Waals surface area contributed by atoms with Gasteiger partial charge in [-0.1, -0.05) is 48.0 Å². The van der Waals surface area contributed by atoms with Crippen molar-refractivity contribution in [1.29, 1.82) is 0 Å². The molecule has 9 heteroatoms. The van der Waals surface area contributed by atoms with E-state index >= 15 is 0 Å². The quantitative estimate of drug-likeness (QED) is 0.693. The van der Waals surface area contributed by atoms with Crippen molar-refractivity contribution in [2.24, 2.45) is 0 Å². The van der Waals surface area contributed by atoms with Crippen LogP contribution in [0.5, 0.6) is 0 Å². The van der Waals surface area contributed by atoms with Crippen molar-refractivity contribution in [2.75, 3.05) is 6.54 Å². The molecule has 7 nitrogen and oxygen atoms in total. The Morgan fingerprint density at radius 3 is 2.40 bits per heavy atom. The van der Waals surface area contributed by atoms with Crippen molar-refractivity contribution in [3.63, 3.8) is 0 Å². The van der Waals surface area contributed by atoms with Gasteiger partial charge in [-0.2, -0.15) is 4.31 Å². The van der Waals surface area contributed by atoms with E-state index in [-0.39, 0.29) is 17.7 Å². The monoisotopic (exact) mass is 434 g/mol. The predicted molar refractivity (Wildman–Crippen MR) is 108 cm³/mol. The molecule has 1 aliphatic heterocycles. The van der Waals surface area contributed by atoms with Crippen LogP contribution >= 0.6 is 0 Å². The average molecular weight is 434 g/mol. The molecule has 30 heavy (non-hydrogen) atoms. The third kappa shape index (κ3) is 4.85. The molecule has 2 aromatic rings. The fourth-order valence-corrected chi connectivity index (χ4v) is 5.05. The van der Waals surface area contributed by atoms with Crippen molar-refractivity contribution in [3.8, 4) is 0 Å². The van der Waals surface area contributed by atoms with Gasteiger partial charge in [0.1, 0.15) is 18.3 Å². The van der Waals surface area contributed by atoms with Crippen LogP contribution in [0.25, 0.3) is 0 Å². The summed E-state index contributed by atoms with van der Waals surface area (Å²) in [4.78, 5) is 24.4. The maximum absolute atomic E-state index is 14.1. The van der Waals surface area contributed by atoms with Crippen molar-refractivity contribution in [1.82, 2.24) is 9.62 Å². The van der Waals surface area contributed by atoms with E-state index in [0.717, 1.165) is 9.87 Å². The Balaban J connectivity index is 1.80. The zero-order chi connectivity index (χ0) is 21.9. The first-order valence-electron chi connectivity index (χ1n) is 9.48. The fraction of sp³-hybridized carbons (Fsp3) is 0.333. The lowest BCUT2D eigenvalue weighted by molar-refractivity contribution is -0.142. The number of hydrogen-bond donors (Lipinski definition) is 2. The van der Waals surface area contributed by atoms with Crippen LogP contribution in [-0.2, 0) is 26.0 Å². The number of sulfonamides is 1. The number of carboxylic acids is 1. The van der Waals surface area contributed by atoms with E-state index in [1.54, 1.807) is 49.4 Å². The number of nitrogens with one attached hydrogen (secondary N) is 1. The Morgan fingerprint density at radius 1 is 1.17 bits per heavy atom. The number of halogens is 1. The molecule has 1 unspecified atom stereocenters. The minimum atomic E-state index is -4.11. The number of benzene rings is 2. The summed E-state index contributed by atoms with van der Waals surface area (Å²) in [6.07, 6.45) is -1.81. The predicted octanol–water partition coefficient (Wildman–Crippen LogP) is 1.91. The largest absolute Gasteiger partial charge is 0.480 e. The van der Waals surface area contributed by atoms with Crippen molar-refractivity contribution >= 4 is 21.9 Å². The first-order chi connectivity index (χ1) is 14.2. The number of aryl methyl sites for hydroxylation is 1. The smallest absolute Gasteiger partial charge is 0.326 e. The second-order valence-corrected chi connectivity index (χ2v) is 9.22. The molecule has 0 radical (unpaired) electrons. The molecule has 0 aliphatic carbocycles. The molecule has 3 rings (SSSR count). The Labute approximate surface area is 174 Å². The molecule has 0 saturated carbocycles. The zero-order valence-electron chi connectivity index (χ0n) is 16.4. The van der Waals surface area contributed by atoms with Crippen LogP contribution in [0, 0.1) is 6.92 Å². The Morgan fingerprint density at radius 2 is 1.80 bits per heavy atom. The summed E-state index contributed by atoms with van der Waals surface area (Å²) in [7, 11) is -4.11. The van der Waals surface area contributed by atoms with Crippen LogP contribution in [0.4, 0.5) is 4.39 Å². The molecule has 0 aromatic heterocycles. The molecule has 0 bridgehead atoms. The summed E-state index contributed by atoms with van der Waals surface area (Å²) in [6, 6.07) is 12.2. The van der Waals surface area contributed by atoms with Gasteiger partial charge in [0.25, 0.3) is 0 Å². The maximum atomic E-state index is 14.1. The number of carbonyl (C=O) groups is 2. The molecule has 1 aliphatic rings.